The van der Waals surface area contributed by atoms with E-state index in [1.165, 1.54) is 6.33 Å². The maximum atomic E-state index is 5.79. The second-order valence-corrected chi connectivity index (χ2v) is 13.4. The number of rotatable bonds is 8. The summed E-state index contributed by atoms with van der Waals surface area (Å²) < 4.78 is 17.0. The van der Waals surface area contributed by atoms with Gasteiger partial charge in [-0.25, -0.2) is 19.9 Å². The van der Waals surface area contributed by atoms with E-state index >= 15 is 0 Å². The van der Waals surface area contributed by atoms with Crippen LogP contribution in [0.1, 0.15) is 5.56 Å². The number of benzene rings is 1. The molecule has 2 aromatic heterocycles. The van der Waals surface area contributed by atoms with Gasteiger partial charge in [0.25, 0.3) is 0 Å². The molecular weight excluding hydrogens is 372 g/mol. The van der Waals surface area contributed by atoms with Crippen molar-refractivity contribution in [1.82, 2.24) is 19.9 Å². The van der Waals surface area contributed by atoms with Gasteiger partial charge >= 0.3 is 0 Å². The monoisotopic (exact) mass is 398 g/mol. The number of aromatic nitrogens is 4. The largest absolute Gasteiger partial charge is 0.494 e. The quantitative estimate of drug-likeness (QED) is 0.321. The molecule has 28 heavy (non-hydrogen) atoms. The van der Waals surface area contributed by atoms with Crippen molar-refractivity contribution in [2.45, 2.75) is 32.6 Å². The van der Waals surface area contributed by atoms with Crippen molar-refractivity contribution in [3.05, 3.63) is 36.4 Å². The Hall–Kier alpha value is -2.58. The van der Waals surface area contributed by atoms with Crippen molar-refractivity contribution in [3.63, 3.8) is 0 Å². The molecule has 0 bridgehead atoms. The van der Waals surface area contributed by atoms with E-state index in [9.17, 15) is 0 Å². The van der Waals surface area contributed by atoms with Crippen molar-refractivity contribution in [1.29, 1.82) is 0 Å². The van der Waals surface area contributed by atoms with Gasteiger partial charge in [-0.3, -0.25) is 0 Å². The van der Waals surface area contributed by atoms with Crippen molar-refractivity contribution in [2.75, 3.05) is 20.5 Å². The van der Waals surface area contributed by atoms with E-state index in [1.54, 1.807) is 19.5 Å². The fraction of sp³-hybridized carbons (Fsp3) is 0.400. The lowest BCUT2D eigenvalue weighted by Crippen LogP contribution is -2.22. The Labute approximate surface area is 166 Å². The minimum Gasteiger partial charge on any atom is -0.494 e. The van der Waals surface area contributed by atoms with Crippen LogP contribution in [-0.4, -0.2) is 48.5 Å². The van der Waals surface area contributed by atoms with Gasteiger partial charge in [0.05, 0.1) is 12.5 Å². The molecule has 0 amide bonds. The third kappa shape index (κ3) is 5.02. The first-order valence-corrected chi connectivity index (χ1v) is 12.9. The fourth-order valence-electron chi connectivity index (χ4n) is 2.59. The van der Waals surface area contributed by atoms with Crippen LogP contribution in [0.2, 0.25) is 25.7 Å². The first-order chi connectivity index (χ1) is 13.4. The maximum absolute atomic E-state index is 5.79. The van der Waals surface area contributed by atoms with Crippen LogP contribution < -0.4 is 9.47 Å². The highest BCUT2D eigenvalue weighted by Gasteiger charge is 2.15. The van der Waals surface area contributed by atoms with Crippen LogP contribution in [0.5, 0.6) is 11.6 Å². The lowest BCUT2D eigenvalue weighted by Gasteiger charge is -2.16. The summed E-state index contributed by atoms with van der Waals surface area (Å²) in [6.07, 6.45) is 5.03. The summed E-state index contributed by atoms with van der Waals surface area (Å²) >= 11 is 0. The first-order valence-electron chi connectivity index (χ1n) is 9.20. The molecule has 0 radical (unpaired) electrons. The molecule has 0 saturated heterocycles. The third-order valence-electron chi connectivity index (χ3n) is 4.20. The van der Waals surface area contributed by atoms with E-state index in [4.69, 9.17) is 14.2 Å². The standard InChI is InChI=1S/C20H26N4O3Si/c1-14-10-21-19(22-11-14)15-8-16-18(17(9-15)25-2)23-12-24-20(16)27-13-26-6-7-28(3,4)5/h8-12H,6-7,13H2,1-5H3. The molecule has 0 aliphatic heterocycles. The van der Waals surface area contributed by atoms with Gasteiger partial charge in [0.1, 0.15) is 17.6 Å². The van der Waals surface area contributed by atoms with Crippen molar-refractivity contribution in [3.8, 4) is 23.0 Å². The normalized spacial score (nSPS) is 11.6. The Balaban J connectivity index is 1.86. The lowest BCUT2D eigenvalue weighted by molar-refractivity contribution is 0.0203. The number of methoxy groups -OCH3 is 1. The predicted molar refractivity (Wildman–Crippen MR) is 111 cm³/mol. The van der Waals surface area contributed by atoms with Gasteiger partial charge < -0.3 is 14.2 Å². The molecule has 3 rings (SSSR count). The Morgan fingerprint density at radius 1 is 1.00 bits per heavy atom. The molecule has 0 fully saturated rings. The highest BCUT2D eigenvalue weighted by atomic mass is 28.3. The molecule has 0 unspecified atom stereocenters. The summed E-state index contributed by atoms with van der Waals surface area (Å²) in [5.41, 5.74) is 2.48. The molecule has 1 aromatic carbocycles. The highest BCUT2D eigenvalue weighted by molar-refractivity contribution is 6.76. The van der Waals surface area contributed by atoms with Crippen LogP contribution in [0.15, 0.2) is 30.9 Å². The molecule has 148 valence electrons. The number of ether oxygens (including phenoxy) is 3. The minimum absolute atomic E-state index is 0.143. The third-order valence-corrected chi connectivity index (χ3v) is 5.91. The number of hydrogen-bond donors (Lipinski definition) is 0. The summed E-state index contributed by atoms with van der Waals surface area (Å²) in [5.74, 6) is 1.67. The number of nitrogens with zero attached hydrogens (tertiary/aromatic N) is 4. The van der Waals surface area contributed by atoms with Crippen LogP contribution in [0, 0.1) is 6.92 Å². The van der Waals surface area contributed by atoms with E-state index < -0.39 is 8.07 Å². The van der Waals surface area contributed by atoms with Crippen LogP contribution in [-0.2, 0) is 4.74 Å². The molecule has 0 N–H and O–H groups in total. The van der Waals surface area contributed by atoms with Gasteiger partial charge in [-0.2, -0.15) is 0 Å². The molecule has 0 saturated carbocycles. The van der Waals surface area contributed by atoms with Gasteiger partial charge in [-0.05, 0) is 30.7 Å². The topological polar surface area (TPSA) is 79.3 Å². The second-order valence-electron chi connectivity index (χ2n) is 7.82. The molecular formula is C20H26N4O3Si. The van der Waals surface area contributed by atoms with Gasteiger partial charge in [0.15, 0.2) is 12.6 Å². The zero-order chi connectivity index (χ0) is 20.1. The SMILES string of the molecule is COc1cc(-c2ncc(C)cn2)cc2c(OCOCC[Si](C)(C)C)ncnc12. The van der Waals surface area contributed by atoms with Gasteiger partial charge in [0.2, 0.25) is 5.88 Å². The summed E-state index contributed by atoms with van der Waals surface area (Å²) in [6, 6.07) is 4.87. The molecule has 7 nitrogen and oxygen atoms in total. The predicted octanol–water partition coefficient (Wildman–Crippen LogP) is 4.09. The zero-order valence-corrected chi connectivity index (χ0v) is 18.0. The van der Waals surface area contributed by atoms with Gasteiger partial charge in [0, 0.05) is 32.6 Å². The van der Waals surface area contributed by atoms with Crippen LogP contribution >= 0.6 is 0 Å². The molecule has 8 heteroatoms. The molecule has 0 aliphatic carbocycles. The van der Waals surface area contributed by atoms with Crippen molar-refractivity contribution >= 4 is 19.0 Å². The Morgan fingerprint density at radius 3 is 2.43 bits per heavy atom. The molecule has 0 spiro atoms. The number of fused-ring (bicyclic) bond motifs is 1. The Kier molecular flexibility index (Phi) is 6.20. The minimum atomic E-state index is -1.13. The van der Waals surface area contributed by atoms with Crippen LogP contribution in [0.25, 0.3) is 22.3 Å². The smallest absolute Gasteiger partial charge is 0.226 e. The Morgan fingerprint density at radius 2 is 1.75 bits per heavy atom. The number of hydrogen-bond acceptors (Lipinski definition) is 7. The van der Waals surface area contributed by atoms with E-state index in [2.05, 4.69) is 39.6 Å². The van der Waals surface area contributed by atoms with E-state index in [-0.39, 0.29) is 6.79 Å². The van der Waals surface area contributed by atoms with Crippen molar-refractivity contribution < 1.29 is 14.2 Å². The Bertz CT molecular complexity index is 943. The van der Waals surface area contributed by atoms with E-state index in [0.717, 1.165) is 22.6 Å². The fourth-order valence-corrected chi connectivity index (χ4v) is 3.35. The summed E-state index contributed by atoms with van der Waals surface area (Å²) in [7, 11) is 0.480. The maximum Gasteiger partial charge on any atom is 0.226 e. The zero-order valence-electron chi connectivity index (χ0n) is 17.0. The van der Waals surface area contributed by atoms with Gasteiger partial charge in [-0.15, -0.1) is 0 Å². The summed E-state index contributed by atoms with van der Waals surface area (Å²) in [5, 5.41) is 0.731. The summed E-state index contributed by atoms with van der Waals surface area (Å²) in [4.78, 5) is 17.4. The lowest BCUT2D eigenvalue weighted by atomic mass is 10.1. The highest BCUT2D eigenvalue weighted by Crippen LogP contribution is 2.33. The second kappa shape index (κ2) is 8.62. The van der Waals surface area contributed by atoms with Crippen LogP contribution in [0.4, 0.5) is 0 Å². The van der Waals surface area contributed by atoms with E-state index in [1.807, 2.05) is 19.1 Å². The molecule has 0 aliphatic rings. The average molecular weight is 399 g/mol. The molecule has 2 heterocycles. The first kappa shape index (κ1) is 20.2. The molecule has 3 aromatic rings. The van der Waals surface area contributed by atoms with E-state index in [0.29, 0.717) is 29.6 Å². The van der Waals surface area contributed by atoms with Gasteiger partial charge in [-0.1, -0.05) is 19.6 Å². The molecule has 0 atom stereocenters. The number of aryl methyl sites for hydroxylation is 1. The van der Waals surface area contributed by atoms with Crippen molar-refractivity contribution in [2.24, 2.45) is 0 Å². The summed E-state index contributed by atoms with van der Waals surface area (Å²) in [6.45, 7) is 9.73. The van der Waals surface area contributed by atoms with Crippen LogP contribution in [0.3, 0.4) is 0 Å². The average Bonchev–Trinajstić information content (AvgIpc) is 2.66.